The molecule has 1 fully saturated rings. The van der Waals surface area contributed by atoms with Crippen molar-refractivity contribution >= 4 is 41.7 Å². The molecule has 1 aromatic rings. The lowest BCUT2D eigenvalue weighted by atomic mass is 10.1. The highest BCUT2D eigenvalue weighted by Crippen LogP contribution is 2.14. The maximum Gasteiger partial charge on any atom is 0.407 e. The van der Waals surface area contributed by atoms with E-state index in [4.69, 9.17) is 9.73 Å². The minimum absolute atomic E-state index is 0. The van der Waals surface area contributed by atoms with E-state index in [9.17, 15) is 4.79 Å². The van der Waals surface area contributed by atoms with Crippen molar-refractivity contribution in [3.63, 3.8) is 0 Å². The fourth-order valence-electron chi connectivity index (χ4n) is 3.22. The molecular formula is C22H38IN5O2. The molecule has 1 aliphatic heterocycles. The van der Waals surface area contributed by atoms with E-state index in [1.165, 1.54) is 11.3 Å². The highest BCUT2D eigenvalue weighted by molar-refractivity contribution is 14.0. The normalized spacial score (nSPS) is 16.7. The summed E-state index contributed by atoms with van der Waals surface area (Å²) in [7, 11) is 4.09. The summed E-state index contributed by atoms with van der Waals surface area (Å²) in [5.41, 5.74) is 2.00. The van der Waals surface area contributed by atoms with Gasteiger partial charge in [-0.1, -0.05) is 12.1 Å². The number of aliphatic imine (C=N–C) groups is 1. The largest absolute Gasteiger partial charge is 0.444 e. The van der Waals surface area contributed by atoms with Gasteiger partial charge < -0.3 is 25.2 Å². The SMILES string of the molecule is CCNC(=NCCc1ccc(N(C)C)cc1)N1CCC(NC(=O)OC(C)(C)C)C1.I. The number of hydrogen-bond acceptors (Lipinski definition) is 4. The molecule has 2 rings (SSSR count). The molecular weight excluding hydrogens is 493 g/mol. The number of halogens is 1. The van der Waals surface area contributed by atoms with Crippen molar-refractivity contribution < 1.29 is 9.53 Å². The number of likely N-dealkylation sites (tertiary alicyclic amines) is 1. The molecule has 2 N–H and O–H groups in total. The van der Waals surface area contributed by atoms with Gasteiger partial charge in [0.2, 0.25) is 0 Å². The Balaban J connectivity index is 0.00000450. The summed E-state index contributed by atoms with van der Waals surface area (Å²) in [5, 5.41) is 6.34. The Morgan fingerprint density at radius 2 is 1.93 bits per heavy atom. The van der Waals surface area contributed by atoms with Crippen LogP contribution in [-0.4, -0.2) is 68.9 Å². The average molecular weight is 531 g/mol. The highest BCUT2D eigenvalue weighted by Gasteiger charge is 2.27. The number of carbonyl (C=O) groups is 1. The molecule has 1 aromatic carbocycles. The number of nitrogens with one attached hydrogen (secondary N) is 2. The van der Waals surface area contributed by atoms with Gasteiger partial charge in [-0.25, -0.2) is 4.79 Å². The van der Waals surface area contributed by atoms with Crippen molar-refractivity contribution in [2.75, 3.05) is 45.2 Å². The van der Waals surface area contributed by atoms with Crippen molar-refractivity contribution in [3.05, 3.63) is 29.8 Å². The van der Waals surface area contributed by atoms with Crippen LogP contribution in [0.1, 0.15) is 39.7 Å². The number of nitrogens with zero attached hydrogens (tertiary/aromatic N) is 3. The number of anilines is 1. The summed E-state index contributed by atoms with van der Waals surface area (Å²) >= 11 is 0. The van der Waals surface area contributed by atoms with E-state index in [0.29, 0.717) is 0 Å². The van der Waals surface area contributed by atoms with Crippen molar-refractivity contribution in [1.82, 2.24) is 15.5 Å². The third kappa shape index (κ3) is 8.97. The molecule has 1 heterocycles. The molecule has 170 valence electrons. The van der Waals surface area contributed by atoms with Crippen LogP contribution in [0.5, 0.6) is 0 Å². The number of ether oxygens (including phenoxy) is 1. The number of hydrogen-bond donors (Lipinski definition) is 2. The number of guanidine groups is 1. The number of alkyl carbamates (subject to hydrolysis) is 1. The summed E-state index contributed by atoms with van der Waals surface area (Å²) < 4.78 is 5.36. The second-order valence-corrected chi connectivity index (χ2v) is 8.62. The van der Waals surface area contributed by atoms with E-state index in [1.807, 2.05) is 34.9 Å². The number of rotatable bonds is 6. The quantitative estimate of drug-likeness (QED) is 0.334. The van der Waals surface area contributed by atoms with Crippen LogP contribution in [0.4, 0.5) is 10.5 Å². The van der Waals surface area contributed by atoms with Crippen LogP contribution in [0, 0.1) is 0 Å². The number of benzene rings is 1. The van der Waals surface area contributed by atoms with Crippen molar-refractivity contribution in [1.29, 1.82) is 0 Å². The smallest absolute Gasteiger partial charge is 0.407 e. The monoisotopic (exact) mass is 531 g/mol. The van der Waals surface area contributed by atoms with Crippen LogP contribution in [0.15, 0.2) is 29.3 Å². The number of carbonyl (C=O) groups excluding carboxylic acids is 1. The van der Waals surface area contributed by atoms with Gasteiger partial charge in [0.25, 0.3) is 0 Å². The van der Waals surface area contributed by atoms with Crippen LogP contribution in [-0.2, 0) is 11.2 Å². The second-order valence-electron chi connectivity index (χ2n) is 8.62. The predicted octanol–water partition coefficient (Wildman–Crippen LogP) is 3.48. The van der Waals surface area contributed by atoms with Gasteiger partial charge in [-0.05, 0) is 58.2 Å². The minimum Gasteiger partial charge on any atom is -0.444 e. The fourth-order valence-corrected chi connectivity index (χ4v) is 3.22. The Morgan fingerprint density at radius 1 is 1.27 bits per heavy atom. The first-order valence-electron chi connectivity index (χ1n) is 10.5. The van der Waals surface area contributed by atoms with Crippen LogP contribution in [0.3, 0.4) is 0 Å². The van der Waals surface area contributed by atoms with Gasteiger partial charge in [0.15, 0.2) is 5.96 Å². The maximum absolute atomic E-state index is 12.0. The lowest BCUT2D eigenvalue weighted by Gasteiger charge is -2.23. The summed E-state index contributed by atoms with van der Waals surface area (Å²) in [6.45, 7) is 10.8. The summed E-state index contributed by atoms with van der Waals surface area (Å²) in [6.07, 6.45) is 1.43. The molecule has 7 nitrogen and oxygen atoms in total. The van der Waals surface area contributed by atoms with Crippen molar-refractivity contribution in [3.8, 4) is 0 Å². The van der Waals surface area contributed by atoms with Crippen molar-refractivity contribution in [2.24, 2.45) is 4.99 Å². The van der Waals surface area contributed by atoms with Gasteiger partial charge in [-0.15, -0.1) is 24.0 Å². The molecule has 30 heavy (non-hydrogen) atoms. The van der Waals surface area contributed by atoms with Crippen molar-refractivity contribution in [2.45, 2.75) is 52.2 Å². The molecule has 1 aliphatic rings. The molecule has 0 aliphatic carbocycles. The molecule has 1 amide bonds. The summed E-state index contributed by atoms with van der Waals surface area (Å²) in [4.78, 5) is 21.1. The Hall–Kier alpha value is -1.71. The Morgan fingerprint density at radius 3 is 2.50 bits per heavy atom. The lowest BCUT2D eigenvalue weighted by molar-refractivity contribution is 0.0507. The third-order valence-corrected chi connectivity index (χ3v) is 4.66. The molecule has 0 bridgehead atoms. The van der Waals surface area contributed by atoms with Crippen LogP contribution < -0.4 is 15.5 Å². The van der Waals surface area contributed by atoms with E-state index >= 15 is 0 Å². The van der Waals surface area contributed by atoms with Gasteiger partial charge in [0.05, 0.1) is 6.04 Å². The predicted molar refractivity (Wildman–Crippen MR) is 135 cm³/mol. The lowest BCUT2D eigenvalue weighted by Crippen LogP contribution is -2.44. The molecule has 0 aromatic heterocycles. The van der Waals surface area contributed by atoms with Gasteiger partial charge in [0.1, 0.15) is 5.60 Å². The van der Waals surface area contributed by atoms with Gasteiger partial charge in [-0.3, -0.25) is 4.99 Å². The maximum atomic E-state index is 12.0. The minimum atomic E-state index is -0.483. The molecule has 0 spiro atoms. The first-order valence-corrected chi connectivity index (χ1v) is 10.5. The highest BCUT2D eigenvalue weighted by atomic mass is 127. The van der Waals surface area contributed by atoms with Crippen LogP contribution in [0.2, 0.25) is 0 Å². The van der Waals surface area contributed by atoms with Crippen LogP contribution >= 0.6 is 24.0 Å². The zero-order valence-corrected chi connectivity index (χ0v) is 21.5. The first kappa shape index (κ1) is 26.3. The average Bonchev–Trinajstić information content (AvgIpc) is 3.08. The Kier molecular flexibility index (Phi) is 10.7. The molecule has 0 radical (unpaired) electrons. The number of amides is 1. The molecule has 1 saturated heterocycles. The molecule has 8 heteroatoms. The van der Waals surface area contributed by atoms with Gasteiger partial charge >= 0.3 is 6.09 Å². The summed E-state index contributed by atoms with van der Waals surface area (Å²) in [6, 6.07) is 8.67. The Labute approximate surface area is 198 Å². The van der Waals surface area contributed by atoms with Gasteiger partial charge in [0, 0.05) is 46.0 Å². The molecule has 0 saturated carbocycles. The van der Waals surface area contributed by atoms with E-state index < -0.39 is 5.60 Å². The Bertz CT molecular complexity index is 686. The molecule has 1 unspecified atom stereocenters. The van der Waals surface area contributed by atoms with Gasteiger partial charge in [-0.2, -0.15) is 0 Å². The summed E-state index contributed by atoms with van der Waals surface area (Å²) in [5.74, 6) is 0.908. The van der Waals surface area contributed by atoms with E-state index in [2.05, 4.69) is 51.6 Å². The standard InChI is InChI=1S/C22H37N5O2.HI/c1-7-23-20(24-14-12-17-8-10-19(11-9-17)26(5)6)27-15-13-18(16-27)25-21(28)29-22(2,3)4;/h8-11,18H,7,12-16H2,1-6H3,(H,23,24)(H,25,28);1H. The topological polar surface area (TPSA) is 69.2 Å². The first-order chi connectivity index (χ1) is 13.7. The third-order valence-electron chi connectivity index (χ3n) is 4.66. The van der Waals surface area contributed by atoms with Crippen LogP contribution in [0.25, 0.3) is 0 Å². The fraction of sp³-hybridized carbons (Fsp3) is 0.636. The molecule has 1 atom stereocenters. The zero-order valence-electron chi connectivity index (χ0n) is 19.2. The van der Waals surface area contributed by atoms with E-state index in [-0.39, 0.29) is 36.1 Å². The van der Waals surface area contributed by atoms with E-state index in [1.54, 1.807) is 0 Å². The van der Waals surface area contributed by atoms with E-state index in [0.717, 1.165) is 45.0 Å². The zero-order chi connectivity index (χ0) is 21.4. The second kappa shape index (κ2) is 12.2.